The number of carbonyl (C=O) groups excluding carboxylic acids is 1. The first-order chi connectivity index (χ1) is 14.0. The molecule has 0 saturated carbocycles. The minimum atomic E-state index is -2.33. The number of carbonyl (C=O) groups is 1. The highest BCUT2D eigenvalue weighted by Crippen LogP contribution is 2.28. The lowest BCUT2D eigenvalue weighted by Gasteiger charge is -2.03. The molecule has 0 aliphatic rings. The van der Waals surface area contributed by atoms with E-state index in [9.17, 15) is 13.4 Å². The first-order valence-corrected chi connectivity index (χ1v) is 9.76. The maximum Gasteiger partial charge on any atom is 0.231 e. The second-order valence-corrected chi connectivity index (χ2v) is 7.41. The lowest BCUT2D eigenvalue weighted by molar-refractivity contribution is 0.101. The van der Waals surface area contributed by atoms with Gasteiger partial charge in [-0.15, -0.1) is 0 Å². The number of benzene rings is 3. The van der Waals surface area contributed by atoms with Gasteiger partial charge in [0, 0.05) is 5.39 Å². The van der Waals surface area contributed by atoms with Crippen LogP contribution in [0.5, 0.6) is 0 Å². The molecule has 4 rings (SSSR count). The molecule has 2 N–H and O–H groups in total. The Morgan fingerprint density at radius 3 is 2.34 bits per heavy atom. The molecule has 0 amide bonds. The molecule has 0 radical (unpaired) electrons. The highest BCUT2D eigenvalue weighted by Gasteiger charge is 2.19. The largest absolute Gasteiger partial charge is 0.453 e. The number of hydrogen-bond acceptors (Lipinski definition) is 4. The first kappa shape index (κ1) is 19.2. The van der Waals surface area contributed by atoms with Crippen LogP contribution < -0.4 is 0 Å². The number of fused-ring (bicyclic) bond motifs is 1. The molecule has 5 nitrogen and oxygen atoms in total. The molecule has 0 saturated heterocycles. The summed E-state index contributed by atoms with van der Waals surface area (Å²) in [5.74, 6) is -1.56. The van der Waals surface area contributed by atoms with Gasteiger partial charge in [0.1, 0.15) is 11.4 Å². The Hall–Kier alpha value is -3.13. The summed E-state index contributed by atoms with van der Waals surface area (Å²) < 4.78 is 39.9. The molecule has 0 bridgehead atoms. The number of aliphatic hydroxyl groups is 1. The van der Waals surface area contributed by atoms with Crippen molar-refractivity contribution in [3.63, 3.8) is 0 Å². The van der Waals surface area contributed by atoms with Crippen molar-refractivity contribution in [2.75, 3.05) is 0 Å². The van der Waals surface area contributed by atoms with Crippen molar-refractivity contribution in [1.29, 1.82) is 0 Å². The molecule has 4 aromatic rings. The summed E-state index contributed by atoms with van der Waals surface area (Å²) in [6, 6.07) is 17.7. The lowest BCUT2D eigenvalue weighted by atomic mass is 10.0. The SMILES string of the molecule is O=C(c1cc2cc(-c3ccc(CO)cc3)ccc2o1)c1ccc(S(=O)O)cc1F. The van der Waals surface area contributed by atoms with Gasteiger partial charge in [-0.25, -0.2) is 8.60 Å². The number of ketones is 1. The number of hydrogen-bond donors (Lipinski definition) is 2. The summed E-state index contributed by atoms with van der Waals surface area (Å²) in [6.07, 6.45) is 0. The van der Waals surface area contributed by atoms with Crippen molar-refractivity contribution in [2.45, 2.75) is 11.5 Å². The van der Waals surface area contributed by atoms with Gasteiger partial charge in [0.15, 0.2) is 16.8 Å². The van der Waals surface area contributed by atoms with Crippen molar-refractivity contribution in [3.8, 4) is 11.1 Å². The molecule has 0 fully saturated rings. The van der Waals surface area contributed by atoms with Crippen LogP contribution in [0.15, 0.2) is 76.0 Å². The predicted molar refractivity (Wildman–Crippen MR) is 106 cm³/mol. The van der Waals surface area contributed by atoms with Crippen molar-refractivity contribution in [1.82, 2.24) is 0 Å². The van der Waals surface area contributed by atoms with Crippen LogP contribution >= 0.6 is 0 Å². The first-order valence-electron chi connectivity index (χ1n) is 8.65. The quantitative estimate of drug-likeness (QED) is 0.372. The number of aliphatic hydroxyl groups excluding tert-OH is 1. The third-order valence-corrected chi connectivity index (χ3v) is 5.25. The zero-order chi connectivity index (χ0) is 20.5. The molecule has 7 heteroatoms. The Morgan fingerprint density at radius 1 is 0.966 bits per heavy atom. The summed E-state index contributed by atoms with van der Waals surface area (Å²) >= 11 is -2.33. The van der Waals surface area contributed by atoms with E-state index in [0.29, 0.717) is 11.0 Å². The van der Waals surface area contributed by atoms with E-state index in [-0.39, 0.29) is 22.8 Å². The molecule has 0 aliphatic heterocycles. The summed E-state index contributed by atoms with van der Waals surface area (Å²) in [5, 5.41) is 9.84. The summed E-state index contributed by atoms with van der Waals surface area (Å²) in [6.45, 7) is -0.0295. The van der Waals surface area contributed by atoms with Gasteiger partial charge in [-0.2, -0.15) is 0 Å². The van der Waals surface area contributed by atoms with Gasteiger partial charge in [0.2, 0.25) is 5.78 Å². The van der Waals surface area contributed by atoms with Crippen molar-refractivity contribution in [3.05, 3.63) is 89.4 Å². The maximum atomic E-state index is 14.2. The second kappa shape index (κ2) is 7.71. The Morgan fingerprint density at radius 2 is 1.69 bits per heavy atom. The van der Waals surface area contributed by atoms with Crippen LogP contribution in [0.2, 0.25) is 0 Å². The fraction of sp³-hybridized carbons (Fsp3) is 0.0455. The van der Waals surface area contributed by atoms with E-state index >= 15 is 0 Å². The normalized spacial score (nSPS) is 12.2. The zero-order valence-electron chi connectivity index (χ0n) is 15.0. The van der Waals surface area contributed by atoms with E-state index in [2.05, 4.69) is 0 Å². The minimum Gasteiger partial charge on any atom is -0.453 e. The van der Waals surface area contributed by atoms with E-state index in [1.54, 1.807) is 12.1 Å². The summed E-state index contributed by atoms with van der Waals surface area (Å²) in [7, 11) is 0. The predicted octanol–water partition coefficient (Wildman–Crippen LogP) is 4.54. The highest BCUT2D eigenvalue weighted by molar-refractivity contribution is 7.79. The number of rotatable bonds is 5. The summed E-state index contributed by atoms with van der Waals surface area (Å²) in [5.41, 5.74) is 2.90. The molecule has 0 spiro atoms. The van der Waals surface area contributed by atoms with Gasteiger partial charge >= 0.3 is 0 Å². The average Bonchev–Trinajstić information content (AvgIpc) is 3.16. The smallest absolute Gasteiger partial charge is 0.231 e. The van der Waals surface area contributed by atoms with Crippen LogP contribution in [0, 0.1) is 5.82 Å². The Labute approximate surface area is 167 Å². The van der Waals surface area contributed by atoms with Gasteiger partial charge in [-0.05, 0) is 53.1 Å². The maximum absolute atomic E-state index is 14.2. The van der Waals surface area contributed by atoms with Gasteiger partial charge < -0.3 is 14.1 Å². The molecule has 146 valence electrons. The van der Waals surface area contributed by atoms with Crippen LogP contribution in [0.1, 0.15) is 21.7 Å². The van der Waals surface area contributed by atoms with Gasteiger partial charge in [-0.1, -0.05) is 30.3 Å². The molecule has 1 unspecified atom stereocenters. The Kier molecular flexibility index (Phi) is 5.10. The number of furan rings is 1. The minimum absolute atomic E-state index is 0.0236. The second-order valence-electron chi connectivity index (χ2n) is 6.44. The molecule has 3 aromatic carbocycles. The van der Waals surface area contributed by atoms with E-state index < -0.39 is 22.7 Å². The van der Waals surface area contributed by atoms with Crippen molar-refractivity contribution >= 4 is 27.8 Å². The van der Waals surface area contributed by atoms with E-state index in [0.717, 1.165) is 22.8 Å². The topological polar surface area (TPSA) is 87.7 Å². The monoisotopic (exact) mass is 410 g/mol. The van der Waals surface area contributed by atoms with Gasteiger partial charge in [0.05, 0.1) is 17.1 Å². The molecular formula is C22H15FO5S. The average molecular weight is 410 g/mol. The van der Waals surface area contributed by atoms with Crippen molar-refractivity contribution in [2.24, 2.45) is 0 Å². The fourth-order valence-electron chi connectivity index (χ4n) is 3.06. The molecular weight excluding hydrogens is 395 g/mol. The van der Waals surface area contributed by atoms with Crippen LogP contribution in [0.3, 0.4) is 0 Å². The van der Waals surface area contributed by atoms with E-state index in [1.807, 2.05) is 36.4 Å². The fourth-order valence-corrected chi connectivity index (χ4v) is 3.45. The molecule has 1 aromatic heterocycles. The third kappa shape index (κ3) is 3.75. The zero-order valence-corrected chi connectivity index (χ0v) is 15.8. The molecule has 1 atom stereocenters. The van der Waals surface area contributed by atoms with Gasteiger partial charge in [-0.3, -0.25) is 4.79 Å². The van der Waals surface area contributed by atoms with Gasteiger partial charge in [0.25, 0.3) is 0 Å². The highest BCUT2D eigenvalue weighted by atomic mass is 32.2. The third-order valence-electron chi connectivity index (χ3n) is 4.60. The Bertz CT molecular complexity index is 1240. The molecule has 29 heavy (non-hydrogen) atoms. The molecule has 1 heterocycles. The molecule has 0 aliphatic carbocycles. The number of halogens is 1. The van der Waals surface area contributed by atoms with E-state index in [1.165, 1.54) is 12.1 Å². The summed E-state index contributed by atoms with van der Waals surface area (Å²) in [4.78, 5) is 12.5. The Balaban J connectivity index is 1.68. The van der Waals surface area contributed by atoms with E-state index in [4.69, 9.17) is 14.1 Å². The standard InChI is InChI=1S/C22H15FO5S/c23-19-11-17(29(26)27)6-7-18(19)22(25)21-10-16-9-15(5-8-20(16)28-21)14-3-1-13(12-24)2-4-14/h1-11,24H,12H2,(H,26,27). The van der Waals surface area contributed by atoms with Crippen LogP contribution in [0.4, 0.5) is 4.39 Å². The van der Waals surface area contributed by atoms with Crippen LogP contribution in [-0.2, 0) is 17.7 Å². The van der Waals surface area contributed by atoms with Crippen LogP contribution in [0.25, 0.3) is 22.1 Å². The lowest BCUT2D eigenvalue weighted by Crippen LogP contribution is -2.04. The van der Waals surface area contributed by atoms with Crippen molar-refractivity contribution < 1.29 is 27.5 Å². The van der Waals surface area contributed by atoms with Crippen LogP contribution in [-0.4, -0.2) is 19.7 Å².